The Balaban J connectivity index is 1.70. The highest BCUT2D eigenvalue weighted by atomic mass is 19.3. The van der Waals surface area contributed by atoms with Gasteiger partial charge in [0.15, 0.2) is 6.39 Å². The van der Waals surface area contributed by atoms with Crippen molar-refractivity contribution in [2.45, 2.75) is 32.6 Å². The molecular weight excluding hydrogens is 358 g/mol. The van der Waals surface area contributed by atoms with Gasteiger partial charge < -0.3 is 9.32 Å². The SMILES string of the molecule is Cc1ncoc1C(=O)N1CCC(C)[C@H](c2cc(C(F)F)nc3ncnn23)C1. The minimum absolute atomic E-state index is 0.129. The number of halogens is 2. The highest BCUT2D eigenvalue weighted by Crippen LogP contribution is 2.34. The number of aryl methyl sites for hydroxylation is 1. The van der Waals surface area contributed by atoms with Gasteiger partial charge in [-0.25, -0.2) is 23.3 Å². The quantitative estimate of drug-likeness (QED) is 0.698. The first-order valence-corrected chi connectivity index (χ1v) is 8.63. The number of fused-ring (bicyclic) bond motifs is 1. The number of hydrogen-bond acceptors (Lipinski definition) is 6. The molecule has 1 unspecified atom stereocenters. The number of carbonyl (C=O) groups is 1. The summed E-state index contributed by atoms with van der Waals surface area (Å²) >= 11 is 0. The third-order valence-electron chi connectivity index (χ3n) is 5.09. The Labute approximate surface area is 153 Å². The minimum atomic E-state index is -2.71. The summed E-state index contributed by atoms with van der Waals surface area (Å²) in [6.45, 7) is 4.67. The smallest absolute Gasteiger partial charge is 0.291 e. The van der Waals surface area contributed by atoms with Gasteiger partial charge in [-0.15, -0.1) is 0 Å². The number of hydrogen-bond donors (Lipinski definition) is 0. The monoisotopic (exact) mass is 376 g/mol. The molecule has 0 bridgehead atoms. The summed E-state index contributed by atoms with van der Waals surface area (Å²) in [5.74, 6) is 0.0717. The van der Waals surface area contributed by atoms with E-state index in [1.54, 1.807) is 11.8 Å². The zero-order valence-electron chi connectivity index (χ0n) is 14.8. The van der Waals surface area contributed by atoms with Crippen molar-refractivity contribution < 1.29 is 18.0 Å². The average molecular weight is 376 g/mol. The lowest BCUT2D eigenvalue weighted by Gasteiger charge is -2.37. The molecule has 1 aliphatic heterocycles. The summed E-state index contributed by atoms with van der Waals surface area (Å²) < 4.78 is 33.2. The maximum absolute atomic E-state index is 13.3. The zero-order valence-corrected chi connectivity index (χ0v) is 14.8. The first kappa shape index (κ1) is 17.5. The first-order valence-electron chi connectivity index (χ1n) is 8.63. The molecule has 4 rings (SSSR count). The van der Waals surface area contributed by atoms with Crippen LogP contribution in [0.2, 0.25) is 0 Å². The lowest BCUT2D eigenvalue weighted by atomic mass is 9.84. The number of piperidine rings is 1. The second-order valence-corrected chi connectivity index (χ2v) is 6.77. The minimum Gasteiger partial charge on any atom is -0.438 e. The molecule has 0 aromatic carbocycles. The molecule has 142 valence electrons. The lowest BCUT2D eigenvalue weighted by molar-refractivity contribution is 0.0632. The number of amides is 1. The van der Waals surface area contributed by atoms with Gasteiger partial charge in [-0.2, -0.15) is 10.1 Å². The van der Waals surface area contributed by atoms with Crippen molar-refractivity contribution in [2.75, 3.05) is 13.1 Å². The summed E-state index contributed by atoms with van der Waals surface area (Å²) in [5.41, 5.74) is 0.761. The number of nitrogens with zero attached hydrogens (tertiary/aromatic N) is 6. The van der Waals surface area contributed by atoms with Crippen LogP contribution in [0.3, 0.4) is 0 Å². The molecule has 1 aliphatic rings. The third kappa shape index (κ3) is 3.04. The van der Waals surface area contributed by atoms with E-state index in [1.807, 2.05) is 6.92 Å². The molecule has 1 saturated heterocycles. The Kier molecular flexibility index (Phi) is 4.33. The molecule has 4 heterocycles. The zero-order chi connectivity index (χ0) is 19.1. The van der Waals surface area contributed by atoms with Crippen molar-refractivity contribution in [1.82, 2.24) is 29.5 Å². The molecule has 3 aromatic rings. The van der Waals surface area contributed by atoms with Crippen molar-refractivity contribution in [3.8, 4) is 0 Å². The number of alkyl halides is 2. The van der Waals surface area contributed by atoms with Crippen LogP contribution in [0.25, 0.3) is 5.78 Å². The Hall–Kier alpha value is -2.91. The van der Waals surface area contributed by atoms with Gasteiger partial charge in [-0.05, 0) is 25.3 Å². The summed E-state index contributed by atoms with van der Waals surface area (Å²) in [6, 6.07) is 1.36. The van der Waals surface area contributed by atoms with Crippen molar-refractivity contribution in [3.63, 3.8) is 0 Å². The molecule has 0 N–H and O–H groups in total. The normalized spacial score (nSPS) is 20.6. The van der Waals surface area contributed by atoms with Gasteiger partial charge in [0.2, 0.25) is 5.76 Å². The van der Waals surface area contributed by atoms with Crippen LogP contribution in [-0.2, 0) is 0 Å². The van der Waals surface area contributed by atoms with Crippen molar-refractivity contribution in [1.29, 1.82) is 0 Å². The van der Waals surface area contributed by atoms with E-state index < -0.39 is 6.43 Å². The van der Waals surface area contributed by atoms with Crippen LogP contribution in [0.15, 0.2) is 23.2 Å². The highest BCUT2D eigenvalue weighted by molar-refractivity contribution is 5.92. The van der Waals surface area contributed by atoms with E-state index in [1.165, 1.54) is 23.3 Å². The van der Waals surface area contributed by atoms with Gasteiger partial charge in [-0.3, -0.25) is 4.79 Å². The number of likely N-dealkylation sites (tertiary alicyclic amines) is 1. The van der Waals surface area contributed by atoms with Crippen LogP contribution in [0.4, 0.5) is 8.78 Å². The van der Waals surface area contributed by atoms with E-state index in [-0.39, 0.29) is 35.0 Å². The fraction of sp³-hybridized carbons (Fsp3) is 0.471. The van der Waals surface area contributed by atoms with Crippen LogP contribution in [-0.4, -0.2) is 48.5 Å². The number of aromatic nitrogens is 5. The van der Waals surface area contributed by atoms with E-state index in [2.05, 4.69) is 20.1 Å². The molecule has 10 heteroatoms. The van der Waals surface area contributed by atoms with Gasteiger partial charge in [0.05, 0.1) is 11.4 Å². The Morgan fingerprint density at radius 3 is 2.89 bits per heavy atom. The van der Waals surface area contributed by atoms with E-state index in [9.17, 15) is 13.6 Å². The number of rotatable bonds is 3. The molecule has 27 heavy (non-hydrogen) atoms. The Morgan fingerprint density at radius 2 is 2.19 bits per heavy atom. The molecule has 3 aromatic heterocycles. The highest BCUT2D eigenvalue weighted by Gasteiger charge is 2.34. The topological polar surface area (TPSA) is 89.4 Å². The molecule has 0 aliphatic carbocycles. The van der Waals surface area contributed by atoms with Crippen molar-refractivity contribution in [2.24, 2.45) is 5.92 Å². The van der Waals surface area contributed by atoms with E-state index in [0.717, 1.165) is 6.42 Å². The fourth-order valence-electron chi connectivity index (χ4n) is 3.52. The molecule has 0 spiro atoms. The van der Waals surface area contributed by atoms with E-state index >= 15 is 0 Å². The van der Waals surface area contributed by atoms with Gasteiger partial charge in [-0.1, -0.05) is 6.92 Å². The standard InChI is InChI=1S/C17H18F2N6O2/c1-9-3-4-24(16(26)14-10(2)21-8-27-14)6-11(9)13-5-12(15(18)19)23-17-20-7-22-25(13)17/h5,7-9,11,15H,3-4,6H2,1-2H3/t9?,11-/m1/s1. The number of carbonyl (C=O) groups excluding carboxylic acids is 1. The molecule has 1 amide bonds. The second kappa shape index (κ2) is 6.67. The Bertz CT molecular complexity index is 985. The predicted molar refractivity (Wildman–Crippen MR) is 89.4 cm³/mol. The third-order valence-corrected chi connectivity index (χ3v) is 5.09. The second-order valence-electron chi connectivity index (χ2n) is 6.77. The maximum Gasteiger partial charge on any atom is 0.291 e. The summed E-state index contributed by atoms with van der Waals surface area (Å²) in [6.07, 6.45) is 0.545. The van der Waals surface area contributed by atoms with Gasteiger partial charge in [0.1, 0.15) is 12.0 Å². The van der Waals surface area contributed by atoms with Crippen LogP contribution >= 0.6 is 0 Å². The fourth-order valence-corrected chi connectivity index (χ4v) is 3.52. The van der Waals surface area contributed by atoms with Gasteiger partial charge >= 0.3 is 0 Å². The first-order chi connectivity index (χ1) is 13.0. The Morgan fingerprint density at radius 1 is 1.37 bits per heavy atom. The van der Waals surface area contributed by atoms with Crippen LogP contribution < -0.4 is 0 Å². The van der Waals surface area contributed by atoms with Crippen LogP contribution in [0.5, 0.6) is 0 Å². The lowest BCUT2D eigenvalue weighted by Crippen LogP contribution is -2.42. The van der Waals surface area contributed by atoms with Gasteiger partial charge in [0, 0.05) is 19.0 Å². The van der Waals surface area contributed by atoms with Crippen LogP contribution in [0, 0.1) is 12.8 Å². The summed E-state index contributed by atoms with van der Waals surface area (Å²) in [4.78, 5) is 26.2. The maximum atomic E-state index is 13.3. The summed E-state index contributed by atoms with van der Waals surface area (Å²) in [5, 5.41) is 4.13. The average Bonchev–Trinajstić information content (AvgIpc) is 3.29. The molecule has 2 atom stereocenters. The molecular formula is C17H18F2N6O2. The largest absolute Gasteiger partial charge is 0.438 e. The molecule has 1 fully saturated rings. The van der Waals surface area contributed by atoms with Gasteiger partial charge in [0.25, 0.3) is 18.1 Å². The van der Waals surface area contributed by atoms with Crippen molar-refractivity contribution >= 4 is 11.7 Å². The molecule has 0 saturated carbocycles. The number of oxazole rings is 1. The summed E-state index contributed by atoms with van der Waals surface area (Å²) in [7, 11) is 0. The molecule has 8 nitrogen and oxygen atoms in total. The van der Waals surface area contributed by atoms with E-state index in [4.69, 9.17) is 4.42 Å². The van der Waals surface area contributed by atoms with Crippen molar-refractivity contribution in [3.05, 3.63) is 41.6 Å². The van der Waals surface area contributed by atoms with E-state index in [0.29, 0.717) is 24.5 Å². The molecule has 0 radical (unpaired) electrons. The van der Waals surface area contributed by atoms with Crippen LogP contribution in [0.1, 0.15) is 53.3 Å². The predicted octanol–water partition coefficient (Wildman–Crippen LogP) is 2.62.